The molecule has 0 N–H and O–H groups in total. The van der Waals surface area contributed by atoms with Crippen LogP contribution in [0.3, 0.4) is 0 Å². The molecule has 5 heteroatoms. The predicted octanol–water partition coefficient (Wildman–Crippen LogP) is 3.40. The molecule has 0 saturated heterocycles. The molecule has 0 bridgehead atoms. The summed E-state index contributed by atoms with van der Waals surface area (Å²) in [5.41, 5.74) is 1.66. The molecular weight excluding hydrogens is 308 g/mol. The molecular formula is C19H16O5. The first-order valence-corrected chi connectivity index (χ1v) is 7.46. The fourth-order valence-electron chi connectivity index (χ4n) is 2.49. The third kappa shape index (κ3) is 3.15. The minimum absolute atomic E-state index is 0.399. The van der Waals surface area contributed by atoms with Crippen LogP contribution in [-0.2, 0) is 9.53 Å². The summed E-state index contributed by atoms with van der Waals surface area (Å²) in [5.74, 6) is -0.0525. The van der Waals surface area contributed by atoms with E-state index < -0.39 is 17.7 Å². The predicted molar refractivity (Wildman–Crippen MR) is 90.0 cm³/mol. The van der Waals surface area contributed by atoms with Crippen molar-refractivity contribution in [2.75, 3.05) is 7.11 Å². The molecule has 122 valence electrons. The van der Waals surface area contributed by atoms with Crippen molar-refractivity contribution in [3.8, 4) is 16.9 Å². The second-order valence-electron chi connectivity index (χ2n) is 5.29. The second kappa shape index (κ2) is 6.58. The van der Waals surface area contributed by atoms with Crippen molar-refractivity contribution < 1.29 is 18.7 Å². The highest BCUT2D eigenvalue weighted by Crippen LogP contribution is 2.29. The molecule has 3 rings (SSSR count). The van der Waals surface area contributed by atoms with Gasteiger partial charge in [-0.2, -0.15) is 0 Å². The number of rotatable bonds is 4. The van der Waals surface area contributed by atoms with Gasteiger partial charge in [0, 0.05) is 17.5 Å². The van der Waals surface area contributed by atoms with Crippen molar-refractivity contribution in [2.45, 2.75) is 13.0 Å². The molecule has 5 nitrogen and oxygen atoms in total. The van der Waals surface area contributed by atoms with Gasteiger partial charge in [0.25, 0.3) is 0 Å². The van der Waals surface area contributed by atoms with Crippen LogP contribution in [0.25, 0.3) is 22.1 Å². The number of carbonyl (C=O) groups is 1. The van der Waals surface area contributed by atoms with Crippen molar-refractivity contribution in [1.82, 2.24) is 0 Å². The number of ether oxygens (including phenoxy) is 2. The first-order chi connectivity index (χ1) is 11.6. The largest absolute Gasteiger partial charge is 0.479 e. The summed E-state index contributed by atoms with van der Waals surface area (Å²) in [6, 6.07) is 16.2. The fraction of sp³-hybridized carbons (Fsp3) is 0.158. The molecule has 1 atom stereocenters. The second-order valence-corrected chi connectivity index (χ2v) is 5.29. The maximum Gasteiger partial charge on any atom is 0.346 e. The van der Waals surface area contributed by atoms with E-state index in [0.717, 1.165) is 16.5 Å². The van der Waals surface area contributed by atoms with E-state index >= 15 is 0 Å². The average molecular weight is 324 g/mol. The van der Waals surface area contributed by atoms with E-state index in [2.05, 4.69) is 4.74 Å². The maximum absolute atomic E-state index is 11.9. The summed E-state index contributed by atoms with van der Waals surface area (Å²) in [7, 11) is 1.30. The molecule has 0 radical (unpaired) electrons. The van der Waals surface area contributed by atoms with Gasteiger partial charge in [0.1, 0.15) is 11.3 Å². The van der Waals surface area contributed by atoms with Crippen LogP contribution in [0.2, 0.25) is 0 Å². The zero-order valence-electron chi connectivity index (χ0n) is 13.3. The lowest BCUT2D eigenvalue weighted by atomic mass is 10.0. The van der Waals surface area contributed by atoms with Gasteiger partial charge in [0.2, 0.25) is 0 Å². The molecule has 1 heterocycles. The van der Waals surface area contributed by atoms with Crippen LogP contribution in [0.5, 0.6) is 5.75 Å². The van der Waals surface area contributed by atoms with Crippen LogP contribution < -0.4 is 10.4 Å². The standard InChI is InChI=1S/C19H16O5/c1-12(19(21)22-2)23-14-8-9-15-16(13-6-4-3-5-7-13)11-18(20)24-17(15)10-14/h3-12H,1-2H3/t12-/m1/s1. The number of fused-ring (bicyclic) bond motifs is 1. The van der Waals surface area contributed by atoms with Crippen LogP contribution in [0.4, 0.5) is 0 Å². The molecule has 0 aliphatic rings. The topological polar surface area (TPSA) is 65.7 Å². The Morgan fingerprint density at radius 1 is 1.08 bits per heavy atom. The molecule has 0 aliphatic carbocycles. The van der Waals surface area contributed by atoms with Crippen molar-refractivity contribution in [1.29, 1.82) is 0 Å². The molecule has 0 saturated carbocycles. The van der Waals surface area contributed by atoms with Crippen molar-refractivity contribution in [3.05, 3.63) is 65.0 Å². The van der Waals surface area contributed by atoms with Crippen molar-refractivity contribution in [2.24, 2.45) is 0 Å². The molecule has 0 unspecified atom stereocenters. The highest BCUT2D eigenvalue weighted by molar-refractivity contribution is 5.93. The van der Waals surface area contributed by atoms with Gasteiger partial charge in [-0.25, -0.2) is 9.59 Å². The van der Waals surface area contributed by atoms with Crippen LogP contribution in [0, 0.1) is 0 Å². The Kier molecular flexibility index (Phi) is 4.33. The van der Waals surface area contributed by atoms with Gasteiger partial charge in [-0.3, -0.25) is 0 Å². The van der Waals surface area contributed by atoms with Gasteiger partial charge in [0.05, 0.1) is 7.11 Å². The van der Waals surface area contributed by atoms with E-state index in [0.29, 0.717) is 11.3 Å². The lowest BCUT2D eigenvalue weighted by Crippen LogP contribution is -2.24. The van der Waals surface area contributed by atoms with Crippen molar-refractivity contribution in [3.63, 3.8) is 0 Å². The Labute approximate surface area is 138 Å². The number of carbonyl (C=O) groups excluding carboxylic acids is 1. The average Bonchev–Trinajstić information content (AvgIpc) is 2.60. The molecule has 0 fully saturated rings. The summed E-state index contributed by atoms with van der Waals surface area (Å²) in [6.07, 6.45) is -0.753. The van der Waals surface area contributed by atoms with Crippen LogP contribution in [0.15, 0.2) is 63.8 Å². The summed E-state index contributed by atoms with van der Waals surface area (Å²) in [4.78, 5) is 23.3. The molecule has 0 aliphatic heterocycles. The fourth-order valence-corrected chi connectivity index (χ4v) is 2.49. The van der Waals surface area contributed by atoms with E-state index in [4.69, 9.17) is 9.15 Å². The Balaban J connectivity index is 2.05. The molecule has 3 aromatic rings. The Morgan fingerprint density at radius 2 is 1.83 bits per heavy atom. The minimum atomic E-state index is -0.753. The number of hydrogen-bond donors (Lipinski definition) is 0. The monoisotopic (exact) mass is 324 g/mol. The summed E-state index contributed by atoms with van der Waals surface area (Å²) < 4.78 is 15.4. The van der Waals surface area contributed by atoms with E-state index in [9.17, 15) is 9.59 Å². The Hall–Kier alpha value is -3.08. The van der Waals surface area contributed by atoms with E-state index in [1.165, 1.54) is 13.2 Å². The number of methoxy groups -OCH3 is 1. The van der Waals surface area contributed by atoms with Gasteiger partial charge in [-0.15, -0.1) is 0 Å². The summed E-state index contributed by atoms with van der Waals surface area (Å²) in [5, 5.41) is 0.791. The third-order valence-electron chi connectivity index (χ3n) is 3.65. The van der Waals surface area contributed by atoms with E-state index in [1.807, 2.05) is 30.3 Å². The Bertz CT molecular complexity index is 927. The van der Waals surface area contributed by atoms with Gasteiger partial charge in [-0.05, 0) is 30.2 Å². The normalized spacial score (nSPS) is 11.9. The lowest BCUT2D eigenvalue weighted by Gasteiger charge is -2.13. The lowest BCUT2D eigenvalue weighted by molar-refractivity contribution is -0.147. The van der Waals surface area contributed by atoms with Crippen molar-refractivity contribution >= 4 is 16.9 Å². The number of benzene rings is 2. The van der Waals surface area contributed by atoms with E-state index in [1.54, 1.807) is 25.1 Å². The molecule has 1 aromatic heterocycles. The number of hydrogen-bond acceptors (Lipinski definition) is 5. The SMILES string of the molecule is COC(=O)[C@@H](C)Oc1ccc2c(-c3ccccc3)cc(=O)oc2c1. The summed E-state index contributed by atoms with van der Waals surface area (Å²) in [6.45, 7) is 1.59. The molecule has 24 heavy (non-hydrogen) atoms. The van der Waals surface area contributed by atoms with Crippen LogP contribution in [-0.4, -0.2) is 19.2 Å². The molecule has 0 spiro atoms. The highest BCUT2D eigenvalue weighted by atomic mass is 16.6. The van der Waals surface area contributed by atoms with Crippen LogP contribution >= 0.6 is 0 Å². The Morgan fingerprint density at radius 3 is 2.54 bits per heavy atom. The zero-order valence-corrected chi connectivity index (χ0v) is 13.3. The first kappa shape index (κ1) is 15.8. The van der Waals surface area contributed by atoms with Gasteiger partial charge < -0.3 is 13.9 Å². The zero-order chi connectivity index (χ0) is 17.1. The quantitative estimate of drug-likeness (QED) is 0.543. The smallest absolute Gasteiger partial charge is 0.346 e. The molecule has 0 amide bonds. The summed E-state index contributed by atoms with van der Waals surface area (Å²) >= 11 is 0. The van der Waals surface area contributed by atoms with Crippen LogP contribution in [0.1, 0.15) is 6.92 Å². The number of esters is 1. The molecule has 2 aromatic carbocycles. The minimum Gasteiger partial charge on any atom is -0.479 e. The maximum atomic E-state index is 11.9. The first-order valence-electron chi connectivity index (χ1n) is 7.46. The van der Waals surface area contributed by atoms with Gasteiger partial charge in [-0.1, -0.05) is 30.3 Å². The van der Waals surface area contributed by atoms with Gasteiger partial charge >= 0.3 is 11.6 Å². The van der Waals surface area contributed by atoms with E-state index in [-0.39, 0.29) is 0 Å². The highest BCUT2D eigenvalue weighted by Gasteiger charge is 2.16. The third-order valence-corrected chi connectivity index (χ3v) is 3.65. The van der Waals surface area contributed by atoms with Gasteiger partial charge in [0.15, 0.2) is 6.10 Å².